The third-order valence-electron chi connectivity index (χ3n) is 7.08. The monoisotopic (exact) mass is 597 g/mol. The van der Waals surface area contributed by atoms with E-state index in [4.69, 9.17) is 9.84 Å². The fourth-order valence-corrected chi connectivity index (χ4v) is 4.69. The van der Waals surface area contributed by atoms with Gasteiger partial charge in [0.2, 0.25) is 17.7 Å². The van der Waals surface area contributed by atoms with Crippen molar-refractivity contribution in [1.29, 1.82) is 0 Å². The lowest BCUT2D eigenvalue weighted by Crippen LogP contribution is -2.55. The van der Waals surface area contributed by atoms with Crippen LogP contribution in [-0.4, -0.2) is 59.1 Å². The van der Waals surface area contributed by atoms with E-state index in [1.165, 1.54) is 57.8 Å². The van der Waals surface area contributed by atoms with E-state index in [0.29, 0.717) is 19.3 Å². The zero-order valence-corrected chi connectivity index (χ0v) is 27.7. The molecule has 0 aromatic rings. The van der Waals surface area contributed by atoms with Gasteiger partial charge in [-0.05, 0) is 60.8 Å². The predicted octanol–water partition coefficient (Wildman–Crippen LogP) is 5.86. The van der Waals surface area contributed by atoms with Crippen molar-refractivity contribution in [3.8, 4) is 0 Å². The van der Waals surface area contributed by atoms with Gasteiger partial charge in [0, 0.05) is 31.8 Å². The second-order valence-corrected chi connectivity index (χ2v) is 13.2. The minimum Gasteiger partial charge on any atom is -0.460 e. The molecule has 0 saturated carbocycles. The van der Waals surface area contributed by atoms with Crippen LogP contribution in [0.4, 0.5) is 0 Å². The van der Waals surface area contributed by atoms with Crippen molar-refractivity contribution in [1.82, 2.24) is 16.0 Å². The molecule has 0 aliphatic carbocycles. The van der Waals surface area contributed by atoms with Crippen LogP contribution >= 0.6 is 0 Å². The number of hydrogen-bond acceptors (Lipinski definition) is 6. The molecule has 1 atom stereocenters. The summed E-state index contributed by atoms with van der Waals surface area (Å²) in [5.74, 6) is -0.655. The van der Waals surface area contributed by atoms with E-state index >= 15 is 0 Å². The van der Waals surface area contributed by atoms with E-state index in [9.17, 15) is 19.2 Å². The van der Waals surface area contributed by atoms with Crippen LogP contribution in [0, 0.1) is 0 Å². The molecule has 3 amide bonds. The molecule has 0 spiro atoms. The lowest BCUT2D eigenvalue weighted by atomic mass is 10.0. The summed E-state index contributed by atoms with van der Waals surface area (Å²) in [6, 6.07) is -0.112. The van der Waals surface area contributed by atoms with Crippen molar-refractivity contribution in [2.24, 2.45) is 0 Å². The summed E-state index contributed by atoms with van der Waals surface area (Å²) < 4.78 is 5.34. The Hall–Kier alpha value is -2.16. The Balaban J connectivity index is 3.60. The Morgan fingerprint density at radius 1 is 0.667 bits per heavy atom. The van der Waals surface area contributed by atoms with Crippen molar-refractivity contribution in [2.45, 2.75) is 174 Å². The van der Waals surface area contributed by atoms with Crippen LogP contribution in [0.3, 0.4) is 0 Å². The highest BCUT2D eigenvalue weighted by Gasteiger charge is 2.29. The number of esters is 1. The van der Waals surface area contributed by atoms with Crippen molar-refractivity contribution in [3.05, 3.63) is 0 Å². The highest BCUT2D eigenvalue weighted by molar-refractivity contribution is 5.90. The molecule has 0 saturated heterocycles. The number of carbonyl (C=O) groups is 4. The van der Waals surface area contributed by atoms with Gasteiger partial charge < -0.3 is 25.8 Å². The normalized spacial score (nSPS) is 12.5. The summed E-state index contributed by atoms with van der Waals surface area (Å²) in [6.45, 7) is 10.8. The van der Waals surface area contributed by atoms with Gasteiger partial charge in [0.25, 0.3) is 0 Å². The maximum absolute atomic E-state index is 12.2. The largest absolute Gasteiger partial charge is 0.460 e. The average molecular weight is 598 g/mol. The van der Waals surface area contributed by atoms with Crippen molar-refractivity contribution in [3.63, 3.8) is 0 Å². The summed E-state index contributed by atoms with van der Waals surface area (Å²) in [7, 11) is 0. The van der Waals surface area contributed by atoms with Crippen molar-refractivity contribution < 1.29 is 29.0 Å². The Morgan fingerprint density at radius 3 is 1.57 bits per heavy atom. The van der Waals surface area contributed by atoms with E-state index in [0.717, 1.165) is 32.1 Å². The minimum absolute atomic E-state index is 0.0228. The standard InChI is InChI=1S/C33H63N3O6/c1-27(23-24-29(39)36-33(5,6)31(41)34-25-26-37)35-28(38)21-19-17-15-13-11-9-7-8-10-12-14-16-18-20-22-30(40)42-32(2,3)4/h27,37H,7-26H2,1-6H3,(H,34,41)(H,35,38)(H,36,39). The van der Waals surface area contributed by atoms with E-state index in [-0.39, 0.29) is 54.9 Å². The molecule has 0 aromatic carbocycles. The number of aliphatic hydroxyl groups is 1. The summed E-state index contributed by atoms with van der Waals surface area (Å²) in [5, 5.41) is 17.1. The third-order valence-corrected chi connectivity index (χ3v) is 7.08. The summed E-state index contributed by atoms with van der Waals surface area (Å²) in [5.41, 5.74) is -1.45. The fraction of sp³-hybridized carbons (Fsp3) is 0.879. The first-order valence-electron chi connectivity index (χ1n) is 16.5. The maximum atomic E-state index is 12.2. The number of carbonyl (C=O) groups excluding carboxylic acids is 4. The molecule has 0 aliphatic rings. The van der Waals surface area contributed by atoms with Crippen LogP contribution in [0.25, 0.3) is 0 Å². The van der Waals surface area contributed by atoms with E-state index in [2.05, 4.69) is 16.0 Å². The van der Waals surface area contributed by atoms with Crippen LogP contribution in [0.1, 0.15) is 157 Å². The van der Waals surface area contributed by atoms with Gasteiger partial charge in [-0.15, -0.1) is 0 Å². The van der Waals surface area contributed by atoms with Crippen LogP contribution in [0.2, 0.25) is 0 Å². The van der Waals surface area contributed by atoms with Gasteiger partial charge in [-0.2, -0.15) is 0 Å². The second kappa shape index (κ2) is 23.3. The third kappa shape index (κ3) is 24.4. The Bertz CT molecular complexity index is 763. The SMILES string of the molecule is CC(CCC(=O)NC(C)(C)C(=O)NCCO)NC(=O)CCCCCCCCCCCCCCCCC(=O)OC(C)(C)C. The molecular weight excluding hydrogens is 534 g/mol. The molecule has 0 radical (unpaired) electrons. The first-order valence-corrected chi connectivity index (χ1v) is 16.5. The Kier molecular flexibility index (Phi) is 22.1. The van der Waals surface area contributed by atoms with Crippen molar-refractivity contribution >= 4 is 23.7 Å². The zero-order valence-electron chi connectivity index (χ0n) is 27.7. The lowest BCUT2D eigenvalue weighted by Gasteiger charge is -2.25. The van der Waals surface area contributed by atoms with Crippen LogP contribution in [-0.2, 0) is 23.9 Å². The molecule has 9 nitrogen and oxygen atoms in total. The van der Waals surface area contributed by atoms with E-state index in [1.807, 2.05) is 27.7 Å². The highest BCUT2D eigenvalue weighted by Crippen LogP contribution is 2.15. The van der Waals surface area contributed by atoms with Gasteiger partial charge >= 0.3 is 5.97 Å². The van der Waals surface area contributed by atoms with E-state index < -0.39 is 5.54 Å². The number of aliphatic hydroxyl groups excluding tert-OH is 1. The van der Waals surface area contributed by atoms with Crippen LogP contribution in [0.5, 0.6) is 0 Å². The maximum Gasteiger partial charge on any atom is 0.306 e. The van der Waals surface area contributed by atoms with E-state index in [1.54, 1.807) is 13.8 Å². The molecule has 9 heteroatoms. The number of rotatable bonds is 25. The number of ether oxygens (including phenoxy) is 1. The van der Waals surface area contributed by atoms with Gasteiger partial charge in [-0.1, -0.05) is 77.0 Å². The molecule has 4 N–H and O–H groups in total. The Labute approximate surface area is 256 Å². The van der Waals surface area contributed by atoms with Gasteiger partial charge in [0.1, 0.15) is 11.1 Å². The minimum atomic E-state index is -1.06. The van der Waals surface area contributed by atoms with Gasteiger partial charge in [0.05, 0.1) is 6.61 Å². The van der Waals surface area contributed by atoms with Crippen LogP contribution in [0.15, 0.2) is 0 Å². The average Bonchev–Trinajstić information content (AvgIpc) is 2.88. The smallest absolute Gasteiger partial charge is 0.306 e. The van der Waals surface area contributed by atoms with Gasteiger partial charge in [0.15, 0.2) is 0 Å². The number of hydrogen-bond donors (Lipinski definition) is 4. The fourth-order valence-electron chi connectivity index (χ4n) is 4.69. The predicted molar refractivity (Wildman–Crippen MR) is 169 cm³/mol. The van der Waals surface area contributed by atoms with Crippen molar-refractivity contribution in [2.75, 3.05) is 13.2 Å². The first-order chi connectivity index (χ1) is 19.8. The summed E-state index contributed by atoms with van der Waals surface area (Å²) in [6.07, 6.45) is 18.3. The molecule has 0 heterocycles. The molecule has 1 unspecified atom stereocenters. The summed E-state index contributed by atoms with van der Waals surface area (Å²) >= 11 is 0. The van der Waals surface area contributed by atoms with Gasteiger partial charge in [-0.3, -0.25) is 19.2 Å². The summed E-state index contributed by atoms with van der Waals surface area (Å²) in [4.78, 5) is 48.2. The molecule has 0 bridgehead atoms. The van der Waals surface area contributed by atoms with Crippen LogP contribution < -0.4 is 16.0 Å². The second-order valence-electron chi connectivity index (χ2n) is 13.2. The lowest BCUT2D eigenvalue weighted by molar-refractivity contribution is -0.155. The van der Waals surface area contributed by atoms with Gasteiger partial charge in [-0.25, -0.2) is 0 Å². The molecule has 42 heavy (non-hydrogen) atoms. The number of nitrogens with one attached hydrogen (secondary N) is 3. The molecule has 0 aliphatic heterocycles. The highest BCUT2D eigenvalue weighted by atomic mass is 16.6. The number of unbranched alkanes of at least 4 members (excludes halogenated alkanes) is 13. The quantitative estimate of drug-likeness (QED) is 0.0770. The molecule has 0 rings (SSSR count). The first kappa shape index (κ1) is 39.8. The molecule has 0 aromatic heterocycles. The molecular formula is C33H63N3O6. The molecule has 246 valence electrons. The Morgan fingerprint density at radius 2 is 1.12 bits per heavy atom. The number of amides is 3. The topological polar surface area (TPSA) is 134 Å². The zero-order chi connectivity index (χ0) is 31.9. The molecule has 0 fully saturated rings.